The molecule has 56 heavy (non-hydrogen) atoms. The van der Waals surface area contributed by atoms with Gasteiger partial charge in [0.15, 0.2) is 0 Å². The Kier molecular flexibility index (Phi) is 16.3. The molecule has 0 atom stereocenters. The van der Waals surface area contributed by atoms with Crippen LogP contribution in [0.1, 0.15) is 61.8 Å². The summed E-state index contributed by atoms with van der Waals surface area (Å²) in [5, 5.41) is 5.42. The summed E-state index contributed by atoms with van der Waals surface area (Å²) in [6, 6.07) is 57.3. The molecule has 0 saturated carbocycles. The van der Waals surface area contributed by atoms with E-state index in [1.54, 1.807) is 0 Å². The van der Waals surface area contributed by atoms with E-state index in [0.29, 0.717) is 11.8 Å². The predicted octanol–water partition coefficient (Wildman–Crippen LogP) is 16.8. The number of halogens is 2. The van der Waals surface area contributed by atoms with Crippen molar-refractivity contribution in [2.75, 3.05) is 0 Å². The molecule has 0 aliphatic carbocycles. The van der Waals surface area contributed by atoms with Crippen LogP contribution in [0.15, 0.2) is 158 Å². The molecule has 0 unspecified atom stereocenters. The Bertz CT molecular complexity index is 2260. The molecule has 8 aromatic carbocycles. The zero-order valence-electron chi connectivity index (χ0n) is 33.9. The van der Waals surface area contributed by atoms with Crippen molar-refractivity contribution < 1.29 is 20.8 Å². The molecule has 282 valence electrons. The third-order valence-corrected chi connectivity index (χ3v) is 10.1. The fourth-order valence-electron chi connectivity index (χ4n) is 7.35. The van der Waals surface area contributed by atoms with Crippen molar-refractivity contribution in [3.8, 4) is 44.5 Å². The third-order valence-electron chi connectivity index (χ3n) is 10.1. The standard InChI is InChI=1S/2C25H23.C2H6Si.2ClH.Zr/c2*1-17(2)21-15-20-14-13-18(3)25(24(20)16-21)23-12-8-7-11-22(23)19-9-5-4-6-10-19;1-3-2;;;/h2*4-17H,1-3H3;1-2H3;2*1H;/q2*-1;;;;+4/p-2. The first-order valence-electron chi connectivity index (χ1n) is 19.4. The van der Waals surface area contributed by atoms with Crippen molar-refractivity contribution in [2.45, 2.75) is 66.5 Å². The van der Waals surface area contributed by atoms with E-state index >= 15 is 0 Å². The summed E-state index contributed by atoms with van der Waals surface area (Å²) in [4.78, 5) is 0. The van der Waals surface area contributed by atoms with E-state index in [2.05, 4.69) is 212 Å². The first kappa shape index (κ1) is 43.3. The fourth-order valence-corrected chi connectivity index (χ4v) is 7.35. The van der Waals surface area contributed by atoms with Gasteiger partial charge in [0.1, 0.15) is 0 Å². The van der Waals surface area contributed by atoms with E-state index in [9.17, 15) is 0 Å². The van der Waals surface area contributed by atoms with Crippen LogP contribution in [-0.2, 0) is 20.8 Å². The molecule has 4 heteroatoms. The molecule has 2 radical (unpaired) electrons. The first-order valence-corrected chi connectivity index (χ1v) is 27.7. The molecule has 0 fully saturated rings. The van der Waals surface area contributed by atoms with Crippen molar-refractivity contribution >= 4 is 48.1 Å². The van der Waals surface area contributed by atoms with Crippen molar-refractivity contribution in [3.63, 3.8) is 0 Å². The molecule has 8 rings (SSSR count). The molecule has 0 aromatic heterocycles. The van der Waals surface area contributed by atoms with Crippen LogP contribution in [0.5, 0.6) is 0 Å². The zero-order chi connectivity index (χ0) is 40.2. The van der Waals surface area contributed by atoms with E-state index in [1.807, 2.05) is 0 Å². The van der Waals surface area contributed by atoms with E-state index in [0.717, 1.165) is 9.52 Å². The molecule has 0 N–H and O–H groups in total. The number of hydrogen-bond acceptors (Lipinski definition) is 0. The molecule has 0 aliphatic heterocycles. The van der Waals surface area contributed by atoms with Crippen molar-refractivity contribution in [2.24, 2.45) is 0 Å². The van der Waals surface area contributed by atoms with Gasteiger partial charge in [-0.3, -0.25) is 0 Å². The number of rotatable bonds is 6. The van der Waals surface area contributed by atoms with Gasteiger partial charge in [-0.2, -0.15) is 12.1 Å². The quantitative estimate of drug-likeness (QED) is 0.115. The van der Waals surface area contributed by atoms with Crippen LogP contribution in [0.3, 0.4) is 0 Å². The molecule has 0 heterocycles. The van der Waals surface area contributed by atoms with Gasteiger partial charge in [-0.05, 0) is 59.1 Å². The van der Waals surface area contributed by atoms with Gasteiger partial charge in [-0.1, -0.05) is 172 Å². The average molecular weight is 867 g/mol. The van der Waals surface area contributed by atoms with Crippen LogP contribution in [0.2, 0.25) is 13.1 Å². The van der Waals surface area contributed by atoms with E-state index in [-0.39, 0.29) is 0 Å². The van der Waals surface area contributed by atoms with Crippen LogP contribution < -0.4 is 0 Å². The Labute approximate surface area is 357 Å². The summed E-state index contributed by atoms with van der Waals surface area (Å²) < 4.78 is 0. The Morgan fingerprint density at radius 1 is 0.464 bits per heavy atom. The second-order valence-electron chi connectivity index (χ2n) is 14.8. The molecule has 0 aliphatic rings. The van der Waals surface area contributed by atoms with E-state index in [4.69, 9.17) is 17.0 Å². The Hall–Kier alpha value is -3.78. The second-order valence-corrected chi connectivity index (χ2v) is 19.5. The summed E-state index contributed by atoms with van der Waals surface area (Å²) >= 11 is -0.826. The Balaban J connectivity index is 0.000000188. The molecule has 0 spiro atoms. The zero-order valence-corrected chi connectivity index (χ0v) is 38.9. The van der Waals surface area contributed by atoms with Gasteiger partial charge in [-0.15, -0.1) is 69.1 Å². The van der Waals surface area contributed by atoms with Crippen LogP contribution in [0, 0.1) is 13.8 Å². The molecule has 0 amide bonds. The maximum atomic E-state index is 4.93. The van der Waals surface area contributed by atoms with Gasteiger partial charge in [-0.25, -0.2) is 0 Å². The molecule has 0 nitrogen and oxygen atoms in total. The number of benzene rings is 6. The summed E-state index contributed by atoms with van der Waals surface area (Å²) in [5.41, 5.74) is 16.0. The van der Waals surface area contributed by atoms with Crippen molar-refractivity contribution in [3.05, 3.63) is 180 Å². The van der Waals surface area contributed by atoms with Gasteiger partial charge in [0, 0.05) is 9.52 Å². The maximum absolute atomic E-state index is 4.93. The van der Waals surface area contributed by atoms with Crippen LogP contribution in [0.4, 0.5) is 0 Å². The van der Waals surface area contributed by atoms with Crippen LogP contribution >= 0.6 is 17.0 Å². The fraction of sp³-hybridized carbons (Fsp3) is 0.192. The Morgan fingerprint density at radius 2 is 0.768 bits per heavy atom. The minimum absolute atomic E-state index is 0.546. The van der Waals surface area contributed by atoms with E-state index < -0.39 is 20.8 Å². The second kappa shape index (κ2) is 21.1. The monoisotopic (exact) mass is 864 g/mol. The number of fused-ring (bicyclic) bond motifs is 2. The molecule has 0 bridgehead atoms. The van der Waals surface area contributed by atoms with E-state index in [1.165, 1.54) is 88.3 Å². The normalized spacial score (nSPS) is 10.6. The summed E-state index contributed by atoms with van der Waals surface area (Å²) in [6.45, 7) is 17.8. The molecule has 0 saturated heterocycles. The van der Waals surface area contributed by atoms with Crippen molar-refractivity contribution in [1.82, 2.24) is 0 Å². The van der Waals surface area contributed by atoms with Gasteiger partial charge < -0.3 is 0 Å². The van der Waals surface area contributed by atoms with Gasteiger partial charge >= 0.3 is 37.9 Å². The predicted molar refractivity (Wildman–Crippen MR) is 248 cm³/mol. The summed E-state index contributed by atoms with van der Waals surface area (Å²) in [6.07, 6.45) is 0. The SMILES string of the molecule is C[Si]C.Cc1ccc2[cH-]c(C(C)C)cc2c1-c1ccccc1-c1ccccc1.Cc1ccc2[cH-]c(C(C)C)cc2c1-c1ccccc1-c1ccccc1.[Cl][Zr+2][Cl]. The molecular weight excluding hydrogens is 815 g/mol. The molecule has 8 aromatic rings. The van der Waals surface area contributed by atoms with Crippen LogP contribution in [-0.4, -0.2) is 9.52 Å². The molecular formula is C52H52Cl2SiZr. The van der Waals surface area contributed by atoms with Crippen molar-refractivity contribution in [1.29, 1.82) is 0 Å². The van der Waals surface area contributed by atoms with Gasteiger partial charge in [0.2, 0.25) is 0 Å². The minimum atomic E-state index is -0.826. The van der Waals surface area contributed by atoms with Gasteiger partial charge in [0.25, 0.3) is 0 Å². The topological polar surface area (TPSA) is 0 Å². The summed E-state index contributed by atoms with van der Waals surface area (Å²) in [7, 11) is 11.0. The van der Waals surface area contributed by atoms with Gasteiger partial charge in [0.05, 0.1) is 0 Å². The van der Waals surface area contributed by atoms with Crippen LogP contribution in [0.25, 0.3) is 66.1 Å². The number of hydrogen-bond donors (Lipinski definition) is 0. The number of aryl methyl sites for hydroxylation is 2. The third kappa shape index (κ3) is 10.4. The first-order chi connectivity index (χ1) is 27.1. The summed E-state index contributed by atoms with van der Waals surface area (Å²) in [5.74, 6) is 1.09. The Morgan fingerprint density at radius 3 is 1.09 bits per heavy atom. The average Bonchev–Trinajstić information content (AvgIpc) is 3.85.